The van der Waals surface area contributed by atoms with E-state index in [2.05, 4.69) is 5.32 Å². The Morgan fingerprint density at radius 3 is 2.81 bits per heavy atom. The monoisotopic (exact) mass is 292 g/mol. The Morgan fingerprint density at radius 2 is 2.19 bits per heavy atom. The second-order valence-corrected chi connectivity index (χ2v) is 6.11. The molecule has 1 aromatic carbocycles. The Labute approximate surface area is 121 Å². The van der Waals surface area contributed by atoms with Crippen molar-refractivity contribution in [1.29, 1.82) is 0 Å². The normalized spacial score (nSPS) is 26.8. The largest absolute Gasteiger partial charge is 0.326 e. The molecule has 2 saturated carbocycles. The molecule has 2 bridgehead atoms. The van der Waals surface area contributed by atoms with Crippen molar-refractivity contribution < 1.29 is 14.1 Å². The number of hydrogen-bond acceptors (Lipinski definition) is 3. The number of amides is 1. The quantitative estimate of drug-likeness (QED) is 0.682. The van der Waals surface area contributed by atoms with Gasteiger partial charge in [-0.25, -0.2) is 0 Å². The smallest absolute Gasteiger partial charge is 0.306 e. The summed E-state index contributed by atoms with van der Waals surface area (Å²) in [5.74, 6) is 0.821. The van der Waals surface area contributed by atoms with Gasteiger partial charge in [0.2, 0.25) is 11.7 Å². The molecule has 0 unspecified atom stereocenters. The first-order chi connectivity index (χ1) is 10.0. The van der Waals surface area contributed by atoms with Gasteiger partial charge in [-0.05, 0) is 49.1 Å². The highest BCUT2D eigenvalue weighted by atomic mass is 19.1. The minimum Gasteiger partial charge on any atom is -0.326 e. The van der Waals surface area contributed by atoms with Crippen LogP contribution in [0.2, 0.25) is 0 Å². The van der Waals surface area contributed by atoms with Crippen LogP contribution < -0.4 is 5.32 Å². The third kappa shape index (κ3) is 2.89. The maximum absolute atomic E-state index is 13.2. The Bertz CT molecular complexity index is 590. The van der Waals surface area contributed by atoms with E-state index in [4.69, 9.17) is 0 Å². The number of fused-ring (bicyclic) bond motifs is 2. The lowest BCUT2D eigenvalue weighted by atomic mass is 9.86. The van der Waals surface area contributed by atoms with E-state index in [-0.39, 0.29) is 11.6 Å². The van der Waals surface area contributed by atoms with E-state index in [9.17, 15) is 19.3 Å². The molecule has 5 nitrogen and oxygen atoms in total. The van der Waals surface area contributed by atoms with Crippen molar-refractivity contribution in [3.8, 4) is 0 Å². The SMILES string of the molecule is O=C(C[C@@H]1C[C@H]2CC[C@@H]1C2)Nc1ccc(F)c([N+](=O)[O-])c1. The summed E-state index contributed by atoms with van der Waals surface area (Å²) in [5, 5.41) is 13.3. The molecule has 6 heteroatoms. The third-order valence-corrected chi connectivity index (χ3v) is 4.76. The summed E-state index contributed by atoms with van der Waals surface area (Å²) in [4.78, 5) is 21.9. The molecule has 2 aliphatic carbocycles. The van der Waals surface area contributed by atoms with E-state index in [0.717, 1.165) is 24.5 Å². The number of rotatable bonds is 4. The minimum absolute atomic E-state index is 0.145. The number of carbonyl (C=O) groups excluding carboxylic acids is 1. The molecule has 0 radical (unpaired) electrons. The molecule has 3 atom stereocenters. The minimum atomic E-state index is -0.897. The lowest BCUT2D eigenvalue weighted by Crippen LogP contribution is -2.20. The second kappa shape index (κ2) is 5.42. The van der Waals surface area contributed by atoms with Crippen LogP contribution in [0.5, 0.6) is 0 Å². The lowest BCUT2D eigenvalue weighted by molar-refractivity contribution is -0.387. The summed E-state index contributed by atoms with van der Waals surface area (Å²) in [7, 11) is 0. The number of hydrogen-bond donors (Lipinski definition) is 1. The highest BCUT2D eigenvalue weighted by molar-refractivity contribution is 5.91. The number of anilines is 1. The first-order valence-electron chi connectivity index (χ1n) is 7.26. The van der Waals surface area contributed by atoms with Gasteiger partial charge in [0.05, 0.1) is 4.92 Å². The molecule has 0 saturated heterocycles. The van der Waals surface area contributed by atoms with Crippen LogP contribution >= 0.6 is 0 Å². The van der Waals surface area contributed by atoms with Crippen molar-refractivity contribution in [3.63, 3.8) is 0 Å². The number of nitrogens with one attached hydrogen (secondary N) is 1. The highest BCUT2D eigenvalue weighted by Gasteiger charge is 2.40. The third-order valence-electron chi connectivity index (χ3n) is 4.76. The molecular formula is C15H17FN2O3. The summed E-state index contributed by atoms with van der Waals surface area (Å²) >= 11 is 0. The number of halogens is 1. The zero-order valence-electron chi connectivity index (χ0n) is 11.5. The fourth-order valence-electron chi connectivity index (χ4n) is 3.81. The Hall–Kier alpha value is -1.98. The number of benzene rings is 1. The number of nitro groups is 1. The molecule has 21 heavy (non-hydrogen) atoms. The summed E-state index contributed by atoms with van der Waals surface area (Å²) in [6.07, 6.45) is 5.30. The Balaban J connectivity index is 1.62. The van der Waals surface area contributed by atoms with Crippen LogP contribution in [0.1, 0.15) is 32.1 Å². The van der Waals surface area contributed by atoms with Crippen LogP contribution in [0.15, 0.2) is 18.2 Å². The molecule has 0 aliphatic heterocycles. The van der Waals surface area contributed by atoms with E-state index < -0.39 is 16.4 Å². The standard InChI is InChI=1S/C15H17FN2O3/c16-13-4-3-12(8-14(13)18(20)21)17-15(19)7-11-6-9-1-2-10(11)5-9/h3-4,8-11H,1-2,5-7H2,(H,17,19)/t9-,10+,11-/m0/s1. The van der Waals surface area contributed by atoms with Gasteiger partial charge in [0.15, 0.2) is 0 Å². The number of nitrogens with zero attached hydrogens (tertiary/aromatic N) is 1. The average molecular weight is 292 g/mol. The van der Waals surface area contributed by atoms with Gasteiger partial charge in [-0.15, -0.1) is 0 Å². The maximum atomic E-state index is 13.2. The highest BCUT2D eigenvalue weighted by Crippen LogP contribution is 2.49. The molecule has 0 spiro atoms. The van der Waals surface area contributed by atoms with Crippen molar-refractivity contribution in [2.24, 2.45) is 17.8 Å². The van der Waals surface area contributed by atoms with Crippen LogP contribution in [0.3, 0.4) is 0 Å². The van der Waals surface area contributed by atoms with E-state index in [1.165, 1.54) is 25.3 Å². The van der Waals surface area contributed by atoms with Gasteiger partial charge in [-0.1, -0.05) is 6.42 Å². The maximum Gasteiger partial charge on any atom is 0.306 e. The van der Waals surface area contributed by atoms with E-state index in [1.807, 2.05) is 0 Å². The van der Waals surface area contributed by atoms with E-state index in [0.29, 0.717) is 18.3 Å². The molecule has 0 heterocycles. The summed E-state index contributed by atoms with van der Waals surface area (Å²) < 4.78 is 13.2. The number of carbonyl (C=O) groups is 1. The predicted molar refractivity (Wildman–Crippen MR) is 75.2 cm³/mol. The van der Waals surface area contributed by atoms with Gasteiger partial charge < -0.3 is 5.32 Å². The van der Waals surface area contributed by atoms with Crippen LogP contribution in [-0.2, 0) is 4.79 Å². The Kier molecular flexibility index (Phi) is 3.61. The van der Waals surface area contributed by atoms with Crippen molar-refractivity contribution in [1.82, 2.24) is 0 Å². The van der Waals surface area contributed by atoms with Crippen LogP contribution in [0, 0.1) is 33.7 Å². The fraction of sp³-hybridized carbons (Fsp3) is 0.533. The zero-order chi connectivity index (χ0) is 15.0. The lowest BCUT2D eigenvalue weighted by Gasteiger charge is -2.20. The summed E-state index contributed by atoms with van der Waals surface area (Å²) in [5.41, 5.74) is -0.344. The second-order valence-electron chi connectivity index (χ2n) is 6.11. The van der Waals surface area contributed by atoms with Gasteiger partial charge >= 0.3 is 5.69 Å². The molecule has 1 N–H and O–H groups in total. The van der Waals surface area contributed by atoms with Crippen molar-refractivity contribution in [3.05, 3.63) is 34.1 Å². The molecule has 1 amide bonds. The van der Waals surface area contributed by atoms with Crippen LogP contribution in [0.4, 0.5) is 15.8 Å². The first-order valence-corrected chi connectivity index (χ1v) is 7.26. The van der Waals surface area contributed by atoms with Gasteiger partial charge in [0.1, 0.15) is 0 Å². The zero-order valence-corrected chi connectivity index (χ0v) is 11.5. The molecule has 2 aliphatic rings. The first kappa shape index (κ1) is 14.0. The van der Waals surface area contributed by atoms with Crippen molar-refractivity contribution in [2.75, 3.05) is 5.32 Å². The fourth-order valence-corrected chi connectivity index (χ4v) is 3.81. The van der Waals surface area contributed by atoms with Gasteiger partial charge in [0.25, 0.3) is 0 Å². The van der Waals surface area contributed by atoms with Crippen LogP contribution in [0.25, 0.3) is 0 Å². The number of nitro benzene ring substituents is 1. The molecule has 112 valence electrons. The van der Waals surface area contributed by atoms with Crippen LogP contribution in [-0.4, -0.2) is 10.8 Å². The molecule has 2 fully saturated rings. The molecule has 0 aromatic heterocycles. The van der Waals surface area contributed by atoms with E-state index >= 15 is 0 Å². The molecule has 3 rings (SSSR count). The summed E-state index contributed by atoms with van der Waals surface area (Å²) in [6, 6.07) is 3.42. The van der Waals surface area contributed by atoms with Gasteiger partial charge in [-0.3, -0.25) is 14.9 Å². The molecule has 1 aromatic rings. The Morgan fingerprint density at radius 1 is 1.38 bits per heavy atom. The molecular weight excluding hydrogens is 275 g/mol. The predicted octanol–water partition coefficient (Wildman–Crippen LogP) is 3.50. The summed E-state index contributed by atoms with van der Waals surface area (Å²) in [6.45, 7) is 0. The van der Waals surface area contributed by atoms with E-state index in [1.54, 1.807) is 0 Å². The van der Waals surface area contributed by atoms with Gasteiger partial charge in [-0.2, -0.15) is 4.39 Å². The average Bonchev–Trinajstić information content (AvgIpc) is 3.03. The topological polar surface area (TPSA) is 72.2 Å². The van der Waals surface area contributed by atoms with Crippen molar-refractivity contribution >= 4 is 17.3 Å². The van der Waals surface area contributed by atoms with Crippen molar-refractivity contribution in [2.45, 2.75) is 32.1 Å². The van der Waals surface area contributed by atoms with Gasteiger partial charge in [0, 0.05) is 18.2 Å².